The van der Waals surface area contributed by atoms with Gasteiger partial charge in [0.1, 0.15) is 11.9 Å². The van der Waals surface area contributed by atoms with Crippen LogP contribution in [0.2, 0.25) is 0 Å². The number of hydrogen-bond acceptors (Lipinski definition) is 3. The summed E-state index contributed by atoms with van der Waals surface area (Å²) < 4.78 is 7.20. The van der Waals surface area contributed by atoms with Crippen LogP contribution in [-0.4, -0.2) is 0 Å². The Kier molecular flexibility index (Phi) is 3.18. The molecular weight excluding hydrogens is 310 g/mol. The van der Waals surface area contributed by atoms with Gasteiger partial charge in [0.05, 0.1) is 3.79 Å². The summed E-state index contributed by atoms with van der Waals surface area (Å²) in [5.74, 6) is 0.925. The molecule has 2 unspecified atom stereocenters. The van der Waals surface area contributed by atoms with E-state index in [0.29, 0.717) is 0 Å². The van der Waals surface area contributed by atoms with Gasteiger partial charge in [0.15, 0.2) is 0 Å². The molecule has 1 aliphatic rings. The average Bonchev–Trinajstić information content (AvgIpc) is 2.77. The van der Waals surface area contributed by atoms with Crippen molar-refractivity contribution in [2.75, 3.05) is 0 Å². The number of halogens is 1. The van der Waals surface area contributed by atoms with E-state index in [1.54, 1.807) is 11.3 Å². The summed E-state index contributed by atoms with van der Waals surface area (Å²) in [5, 5.41) is 0. The number of benzene rings is 1. The molecule has 3 rings (SSSR count). The maximum atomic E-state index is 6.26. The van der Waals surface area contributed by atoms with Gasteiger partial charge in [-0.2, -0.15) is 0 Å². The number of aryl methyl sites for hydroxylation is 1. The third-order valence-electron chi connectivity index (χ3n) is 3.21. The van der Waals surface area contributed by atoms with Crippen LogP contribution in [0, 0.1) is 6.92 Å². The van der Waals surface area contributed by atoms with Crippen LogP contribution < -0.4 is 10.5 Å². The predicted molar refractivity (Wildman–Crippen MR) is 78.1 cm³/mol. The molecule has 94 valence electrons. The average molecular weight is 324 g/mol. The fourth-order valence-corrected chi connectivity index (χ4v) is 3.77. The Morgan fingerprint density at radius 1 is 1.33 bits per heavy atom. The Balaban J connectivity index is 1.94. The van der Waals surface area contributed by atoms with Gasteiger partial charge in [0.25, 0.3) is 0 Å². The van der Waals surface area contributed by atoms with E-state index in [9.17, 15) is 0 Å². The third-order valence-corrected chi connectivity index (χ3v) is 4.93. The SMILES string of the molecule is Cc1ccc2c(c1)C(N)CC(c1ccc(Br)s1)O2. The van der Waals surface area contributed by atoms with E-state index in [1.165, 1.54) is 10.4 Å². The molecule has 0 bridgehead atoms. The fourth-order valence-electron chi connectivity index (χ4n) is 2.30. The lowest BCUT2D eigenvalue weighted by molar-refractivity contribution is 0.165. The van der Waals surface area contributed by atoms with Crippen molar-refractivity contribution in [1.82, 2.24) is 0 Å². The van der Waals surface area contributed by atoms with Crippen molar-refractivity contribution in [2.24, 2.45) is 5.73 Å². The first-order chi connectivity index (χ1) is 8.63. The second-order valence-corrected chi connectivity index (χ2v) is 7.13. The summed E-state index contributed by atoms with van der Waals surface area (Å²) in [6.07, 6.45) is 0.912. The molecule has 2 atom stereocenters. The van der Waals surface area contributed by atoms with Crippen LogP contribution in [0.1, 0.15) is 34.6 Å². The second kappa shape index (κ2) is 4.68. The summed E-state index contributed by atoms with van der Waals surface area (Å²) in [7, 11) is 0. The van der Waals surface area contributed by atoms with E-state index in [4.69, 9.17) is 10.5 Å². The highest BCUT2D eigenvalue weighted by molar-refractivity contribution is 9.11. The maximum absolute atomic E-state index is 6.26. The van der Waals surface area contributed by atoms with Crippen molar-refractivity contribution in [2.45, 2.75) is 25.5 Å². The van der Waals surface area contributed by atoms with Crippen LogP contribution in [0.5, 0.6) is 5.75 Å². The summed E-state index contributed by atoms with van der Waals surface area (Å²) in [6, 6.07) is 10.4. The predicted octanol–water partition coefficient (Wildman–Crippen LogP) is 4.34. The van der Waals surface area contributed by atoms with Crippen molar-refractivity contribution in [1.29, 1.82) is 0 Å². The zero-order valence-corrected chi connectivity index (χ0v) is 12.4. The van der Waals surface area contributed by atoms with E-state index in [-0.39, 0.29) is 12.1 Å². The topological polar surface area (TPSA) is 35.2 Å². The quantitative estimate of drug-likeness (QED) is 0.847. The lowest BCUT2D eigenvalue weighted by atomic mass is 9.95. The van der Waals surface area contributed by atoms with E-state index in [1.807, 2.05) is 6.07 Å². The Morgan fingerprint density at radius 2 is 2.17 bits per heavy atom. The number of hydrogen-bond donors (Lipinski definition) is 1. The van der Waals surface area contributed by atoms with Gasteiger partial charge in [0, 0.05) is 22.9 Å². The number of fused-ring (bicyclic) bond motifs is 1. The monoisotopic (exact) mass is 323 g/mol. The minimum atomic E-state index is 0.0551. The van der Waals surface area contributed by atoms with Crippen molar-refractivity contribution in [3.8, 4) is 5.75 Å². The molecule has 0 saturated heterocycles. The molecule has 4 heteroatoms. The van der Waals surface area contributed by atoms with Crippen LogP contribution in [0.4, 0.5) is 0 Å². The molecule has 2 N–H and O–H groups in total. The molecule has 18 heavy (non-hydrogen) atoms. The smallest absolute Gasteiger partial charge is 0.135 e. The minimum absolute atomic E-state index is 0.0551. The molecule has 0 spiro atoms. The lowest BCUT2D eigenvalue weighted by Gasteiger charge is -2.30. The van der Waals surface area contributed by atoms with Crippen LogP contribution >= 0.6 is 27.3 Å². The number of ether oxygens (including phenoxy) is 1. The van der Waals surface area contributed by atoms with E-state index >= 15 is 0 Å². The van der Waals surface area contributed by atoms with Gasteiger partial charge < -0.3 is 10.5 Å². The zero-order chi connectivity index (χ0) is 12.7. The van der Waals surface area contributed by atoms with Crippen LogP contribution in [-0.2, 0) is 0 Å². The molecule has 0 amide bonds. The van der Waals surface area contributed by atoms with E-state index < -0.39 is 0 Å². The molecule has 1 aliphatic heterocycles. The van der Waals surface area contributed by atoms with Gasteiger partial charge in [-0.25, -0.2) is 0 Å². The van der Waals surface area contributed by atoms with Crippen LogP contribution in [0.25, 0.3) is 0 Å². The largest absolute Gasteiger partial charge is 0.484 e. The van der Waals surface area contributed by atoms with Crippen molar-refractivity contribution in [3.05, 3.63) is 50.1 Å². The fraction of sp³-hybridized carbons (Fsp3) is 0.286. The standard InChI is InChI=1S/C14H14BrNOS/c1-8-2-3-11-9(6-8)10(16)7-12(17-11)13-4-5-14(15)18-13/h2-6,10,12H,7,16H2,1H3. The van der Waals surface area contributed by atoms with Gasteiger partial charge in [-0.3, -0.25) is 0 Å². The molecule has 0 aliphatic carbocycles. The molecular formula is C14H14BrNOS. The normalized spacial score (nSPS) is 22.4. The molecule has 2 nitrogen and oxygen atoms in total. The second-order valence-electron chi connectivity index (χ2n) is 4.63. The first kappa shape index (κ1) is 12.2. The molecule has 0 saturated carbocycles. The minimum Gasteiger partial charge on any atom is -0.484 e. The maximum Gasteiger partial charge on any atom is 0.135 e. The lowest BCUT2D eigenvalue weighted by Crippen LogP contribution is -2.23. The first-order valence-corrected chi connectivity index (χ1v) is 7.52. The van der Waals surface area contributed by atoms with Crippen molar-refractivity contribution >= 4 is 27.3 Å². The molecule has 0 radical (unpaired) electrons. The Morgan fingerprint density at radius 3 is 2.89 bits per heavy atom. The Labute approximate surface area is 119 Å². The molecule has 1 aromatic carbocycles. The zero-order valence-electron chi connectivity index (χ0n) is 10.0. The Bertz CT molecular complexity index is 581. The molecule has 2 heterocycles. The number of rotatable bonds is 1. The molecule has 2 aromatic rings. The first-order valence-electron chi connectivity index (χ1n) is 5.91. The molecule has 1 aromatic heterocycles. The van der Waals surface area contributed by atoms with Crippen LogP contribution in [0.15, 0.2) is 34.1 Å². The van der Waals surface area contributed by atoms with Crippen molar-refractivity contribution in [3.63, 3.8) is 0 Å². The highest BCUT2D eigenvalue weighted by atomic mass is 79.9. The van der Waals surface area contributed by atoms with Crippen LogP contribution in [0.3, 0.4) is 0 Å². The summed E-state index contributed by atoms with van der Waals surface area (Å²) in [6.45, 7) is 2.08. The van der Waals surface area contributed by atoms with Gasteiger partial charge in [-0.1, -0.05) is 17.7 Å². The summed E-state index contributed by atoms with van der Waals surface area (Å²) in [5.41, 5.74) is 8.62. The number of thiophene rings is 1. The van der Waals surface area contributed by atoms with Gasteiger partial charge in [0.2, 0.25) is 0 Å². The third kappa shape index (κ3) is 2.20. The summed E-state index contributed by atoms with van der Waals surface area (Å²) in [4.78, 5) is 1.23. The van der Waals surface area contributed by atoms with Gasteiger partial charge >= 0.3 is 0 Å². The van der Waals surface area contributed by atoms with E-state index in [2.05, 4.69) is 47.1 Å². The highest BCUT2D eigenvalue weighted by Crippen LogP contribution is 2.42. The van der Waals surface area contributed by atoms with E-state index in [0.717, 1.165) is 21.5 Å². The van der Waals surface area contributed by atoms with Crippen molar-refractivity contribution < 1.29 is 4.74 Å². The summed E-state index contributed by atoms with van der Waals surface area (Å²) >= 11 is 5.20. The van der Waals surface area contributed by atoms with Gasteiger partial charge in [-0.05, 0) is 41.1 Å². The Hall–Kier alpha value is -0.840. The van der Waals surface area contributed by atoms with Gasteiger partial charge in [-0.15, -0.1) is 11.3 Å². The highest BCUT2D eigenvalue weighted by Gasteiger charge is 2.27. The number of nitrogens with two attached hydrogens (primary N) is 1. The molecule has 0 fully saturated rings.